The van der Waals surface area contributed by atoms with Crippen molar-refractivity contribution in [3.05, 3.63) is 35.4 Å². The third-order valence-electron chi connectivity index (χ3n) is 2.80. The molecule has 6 heteroatoms. The van der Waals surface area contributed by atoms with Gasteiger partial charge in [0.1, 0.15) is 11.6 Å². The highest BCUT2D eigenvalue weighted by Gasteiger charge is 2.39. The summed E-state index contributed by atoms with van der Waals surface area (Å²) < 4.78 is 48.4. The molecule has 0 heterocycles. The molecule has 1 aromatic rings. The second kappa shape index (κ2) is 4.65. The fourth-order valence-electron chi connectivity index (χ4n) is 1.27. The van der Waals surface area contributed by atoms with Gasteiger partial charge >= 0.3 is 0 Å². The molecule has 0 aliphatic rings. The van der Waals surface area contributed by atoms with Gasteiger partial charge in [-0.1, -0.05) is 22.0 Å². The van der Waals surface area contributed by atoms with Crippen LogP contribution in [0.1, 0.15) is 24.2 Å². The van der Waals surface area contributed by atoms with E-state index in [1.807, 2.05) is 0 Å². The van der Waals surface area contributed by atoms with Crippen molar-refractivity contribution in [1.29, 1.82) is 0 Å². The number of alkyl halides is 1. The second-order valence-corrected chi connectivity index (χ2v) is 7.92. The number of benzene rings is 1. The standard InChI is InChI=1S/C11H13BrF2O2S/c1-11(2,17(3,15)16)10(12)8-5-4-7(13)6-9(8)14/h4-6,10H,1-3H3. The third kappa shape index (κ3) is 2.85. The van der Waals surface area contributed by atoms with Gasteiger partial charge in [0.05, 0.1) is 9.57 Å². The molecular weight excluding hydrogens is 314 g/mol. The summed E-state index contributed by atoms with van der Waals surface area (Å²) in [6.45, 7) is 2.98. The van der Waals surface area contributed by atoms with Crippen LogP contribution in [0.3, 0.4) is 0 Å². The van der Waals surface area contributed by atoms with Gasteiger partial charge in [0.25, 0.3) is 0 Å². The maximum atomic E-state index is 13.6. The molecule has 17 heavy (non-hydrogen) atoms. The first-order valence-corrected chi connectivity index (χ1v) is 7.66. The van der Waals surface area contributed by atoms with Crippen molar-refractivity contribution in [3.8, 4) is 0 Å². The zero-order valence-electron chi connectivity index (χ0n) is 9.67. The summed E-state index contributed by atoms with van der Waals surface area (Å²) in [5, 5.41) is 0. The second-order valence-electron chi connectivity index (χ2n) is 4.40. The first-order valence-electron chi connectivity index (χ1n) is 4.86. The molecule has 0 bridgehead atoms. The molecule has 0 aliphatic heterocycles. The molecule has 0 radical (unpaired) electrons. The van der Waals surface area contributed by atoms with Gasteiger partial charge in [-0.05, 0) is 19.9 Å². The normalized spacial score (nSPS) is 14.7. The molecule has 1 rings (SSSR count). The monoisotopic (exact) mass is 326 g/mol. The van der Waals surface area contributed by atoms with Crippen molar-refractivity contribution in [3.63, 3.8) is 0 Å². The van der Waals surface area contributed by atoms with E-state index in [9.17, 15) is 17.2 Å². The minimum Gasteiger partial charge on any atom is -0.229 e. The minimum atomic E-state index is -3.38. The number of rotatable bonds is 3. The summed E-state index contributed by atoms with van der Waals surface area (Å²) in [5.74, 6) is -1.45. The van der Waals surface area contributed by atoms with Gasteiger partial charge in [0, 0.05) is 17.9 Å². The summed E-state index contributed by atoms with van der Waals surface area (Å²) in [6.07, 6.45) is 1.09. The van der Waals surface area contributed by atoms with Crippen molar-refractivity contribution in [2.24, 2.45) is 0 Å². The van der Waals surface area contributed by atoms with Crippen molar-refractivity contribution in [2.45, 2.75) is 23.4 Å². The summed E-state index contributed by atoms with van der Waals surface area (Å²) in [6, 6.07) is 3.09. The highest BCUT2D eigenvalue weighted by molar-refractivity contribution is 9.09. The van der Waals surface area contributed by atoms with Crippen molar-refractivity contribution in [1.82, 2.24) is 0 Å². The van der Waals surface area contributed by atoms with Crippen LogP contribution in [-0.2, 0) is 9.84 Å². The Bertz CT molecular complexity index is 526. The van der Waals surface area contributed by atoms with Gasteiger partial charge < -0.3 is 0 Å². The van der Waals surface area contributed by atoms with Crippen LogP contribution >= 0.6 is 15.9 Å². The number of halogens is 3. The van der Waals surface area contributed by atoms with Crippen LogP contribution in [0.4, 0.5) is 8.78 Å². The Morgan fingerprint density at radius 3 is 2.24 bits per heavy atom. The van der Waals surface area contributed by atoms with Gasteiger partial charge in [0.15, 0.2) is 9.84 Å². The zero-order chi connectivity index (χ0) is 13.4. The molecule has 0 fully saturated rings. The fraction of sp³-hybridized carbons (Fsp3) is 0.455. The minimum absolute atomic E-state index is 0.127. The van der Waals surface area contributed by atoms with E-state index < -0.39 is 31.0 Å². The lowest BCUT2D eigenvalue weighted by molar-refractivity contribution is 0.531. The van der Waals surface area contributed by atoms with E-state index in [1.165, 1.54) is 19.9 Å². The number of hydrogen-bond acceptors (Lipinski definition) is 2. The van der Waals surface area contributed by atoms with Crippen LogP contribution in [0.2, 0.25) is 0 Å². The molecule has 0 N–H and O–H groups in total. The van der Waals surface area contributed by atoms with E-state index in [2.05, 4.69) is 15.9 Å². The van der Waals surface area contributed by atoms with E-state index >= 15 is 0 Å². The Morgan fingerprint density at radius 1 is 1.29 bits per heavy atom. The quantitative estimate of drug-likeness (QED) is 0.799. The van der Waals surface area contributed by atoms with Crippen LogP contribution in [0.25, 0.3) is 0 Å². The van der Waals surface area contributed by atoms with Gasteiger partial charge in [-0.25, -0.2) is 17.2 Å². The average Bonchev–Trinajstić information content (AvgIpc) is 2.14. The van der Waals surface area contributed by atoms with Gasteiger partial charge in [0.2, 0.25) is 0 Å². The Morgan fingerprint density at radius 2 is 1.82 bits per heavy atom. The molecule has 0 spiro atoms. The Kier molecular flexibility index (Phi) is 3.98. The van der Waals surface area contributed by atoms with Gasteiger partial charge in [-0.3, -0.25) is 0 Å². The predicted molar refractivity (Wildman–Crippen MR) is 66.9 cm³/mol. The first-order chi connectivity index (χ1) is 7.57. The molecule has 0 aromatic heterocycles. The van der Waals surface area contributed by atoms with Crippen LogP contribution in [0.5, 0.6) is 0 Å². The highest BCUT2D eigenvalue weighted by atomic mass is 79.9. The van der Waals surface area contributed by atoms with E-state index in [4.69, 9.17) is 0 Å². The van der Waals surface area contributed by atoms with E-state index in [0.717, 1.165) is 18.4 Å². The van der Waals surface area contributed by atoms with Crippen molar-refractivity contribution in [2.75, 3.05) is 6.26 Å². The predicted octanol–water partition coefficient (Wildman–Crippen LogP) is 3.22. The Balaban J connectivity index is 3.26. The zero-order valence-corrected chi connectivity index (χ0v) is 12.1. The molecular formula is C11H13BrF2O2S. The van der Waals surface area contributed by atoms with E-state index in [0.29, 0.717) is 0 Å². The molecule has 0 amide bonds. The summed E-state index contributed by atoms with van der Waals surface area (Å²) in [7, 11) is -3.38. The molecule has 0 aliphatic carbocycles. The van der Waals surface area contributed by atoms with Crippen molar-refractivity contribution < 1.29 is 17.2 Å². The third-order valence-corrected chi connectivity index (χ3v) is 6.89. The SMILES string of the molecule is CC(C)(C(Br)c1ccc(F)cc1F)S(C)(=O)=O. The summed E-state index contributed by atoms with van der Waals surface area (Å²) in [4.78, 5) is -0.745. The molecule has 0 saturated carbocycles. The molecule has 1 atom stereocenters. The fourth-order valence-corrected chi connectivity index (χ4v) is 3.16. The molecule has 1 aromatic carbocycles. The van der Waals surface area contributed by atoms with Crippen LogP contribution < -0.4 is 0 Å². The lowest BCUT2D eigenvalue weighted by Gasteiger charge is -2.28. The Hall–Kier alpha value is -0.490. The van der Waals surface area contributed by atoms with Crippen LogP contribution in [0.15, 0.2) is 18.2 Å². The maximum Gasteiger partial charge on any atom is 0.154 e. The highest BCUT2D eigenvalue weighted by Crippen LogP contribution is 2.40. The topological polar surface area (TPSA) is 34.1 Å². The first kappa shape index (κ1) is 14.6. The van der Waals surface area contributed by atoms with Crippen LogP contribution in [-0.4, -0.2) is 19.4 Å². The van der Waals surface area contributed by atoms with Crippen LogP contribution in [0, 0.1) is 11.6 Å². The number of hydrogen-bond donors (Lipinski definition) is 0. The average molecular weight is 327 g/mol. The van der Waals surface area contributed by atoms with Gasteiger partial charge in [-0.2, -0.15) is 0 Å². The molecule has 1 unspecified atom stereocenters. The van der Waals surface area contributed by atoms with Crippen molar-refractivity contribution >= 4 is 25.8 Å². The maximum absolute atomic E-state index is 13.6. The van der Waals surface area contributed by atoms with E-state index in [-0.39, 0.29) is 5.56 Å². The number of sulfone groups is 1. The van der Waals surface area contributed by atoms with Gasteiger partial charge in [-0.15, -0.1) is 0 Å². The Labute approximate surface area is 108 Å². The summed E-state index contributed by atoms with van der Waals surface area (Å²) >= 11 is 3.18. The molecule has 2 nitrogen and oxygen atoms in total. The molecule has 0 saturated heterocycles. The molecule has 96 valence electrons. The summed E-state index contributed by atoms with van der Waals surface area (Å²) in [5.41, 5.74) is 0.127. The smallest absolute Gasteiger partial charge is 0.154 e. The lowest BCUT2D eigenvalue weighted by atomic mass is 10.0. The largest absolute Gasteiger partial charge is 0.229 e. The lowest BCUT2D eigenvalue weighted by Crippen LogP contribution is -2.35. The van der Waals surface area contributed by atoms with E-state index in [1.54, 1.807) is 0 Å².